The van der Waals surface area contributed by atoms with Crippen LogP contribution in [0.15, 0.2) is 30.3 Å². The molecule has 2 aliphatic rings. The zero-order chi connectivity index (χ0) is 18.6. The van der Waals surface area contributed by atoms with E-state index in [1.165, 1.54) is 33.3 Å². The molecule has 0 aromatic heterocycles. The first-order valence-corrected chi connectivity index (χ1v) is 7.93. The predicted octanol–water partition coefficient (Wildman–Crippen LogP) is 2.37. The summed E-state index contributed by atoms with van der Waals surface area (Å²) in [6.45, 7) is 0. The monoisotopic (exact) mass is 355 g/mol. The van der Waals surface area contributed by atoms with Crippen molar-refractivity contribution in [2.75, 3.05) is 33.3 Å². The van der Waals surface area contributed by atoms with Crippen LogP contribution >= 0.6 is 0 Å². The maximum Gasteiger partial charge on any atom is 0.261 e. The van der Waals surface area contributed by atoms with Gasteiger partial charge in [0.15, 0.2) is 11.5 Å². The van der Waals surface area contributed by atoms with Gasteiger partial charge in [-0.05, 0) is 6.07 Å². The minimum absolute atomic E-state index is 0.211. The van der Waals surface area contributed by atoms with Crippen LogP contribution in [0.4, 0.5) is 5.69 Å². The van der Waals surface area contributed by atoms with E-state index in [1.54, 1.807) is 30.3 Å². The second kappa shape index (κ2) is 5.47. The van der Waals surface area contributed by atoms with Gasteiger partial charge in [-0.1, -0.05) is 18.2 Å². The Bertz CT molecular complexity index is 953. The van der Waals surface area contributed by atoms with Crippen molar-refractivity contribution < 1.29 is 28.5 Å². The summed E-state index contributed by atoms with van der Waals surface area (Å²) < 4.78 is 21.9. The van der Waals surface area contributed by atoms with Gasteiger partial charge in [-0.2, -0.15) is 0 Å². The standard InChI is InChI=1S/C19H17NO6/c1-23-13-9-12-14(16(25-3)15(13)24-2)17(21)19(26-4)11-8-6-5-7-10(11)18(22)20(12)19/h5-9H,1-4H3. The molecule has 0 spiro atoms. The van der Waals surface area contributed by atoms with E-state index in [0.29, 0.717) is 22.6 Å². The van der Waals surface area contributed by atoms with E-state index in [4.69, 9.17) is 18.9 Å². The lowest BCUT2D eigenvalue weighted by Crippen LogP contribution is -2.46. The third-order valence-corrected chi connectivity index (χ3v) is 4.92. The number of carbonyl (C=O) groups is 2. The van der Waals surface area contributed by atoms with E-state index in [9.17, 15) is 9.59 Å². The molecule has 0 aliphatic carbocycles. The van der Waals surface area contributed by atoms with Crippen molar-refractivity contribution in [3.8, 4) is 17.2 Å². The Morgan fingerprint density at radius 1 is 0.923 bits per heavy atom. The van der Waals surface area contributed by atoms with E-state index >= 15 is 0 Å². The number of benzene rings is 2. The normalized spacial score (nSPS) is 19.9. The van der Waals surface area contributed by atoms with Crippen LogP contribution in [0.2, 0.25) is 0 Å². The fraction of sp³-hybridized carbons (Fsp3) is 0.263. The van der Waals surface area contributed by atoms with Gasteiger partial charge in [0.25, 0.3) is 5.91 Å². The fourth-order valence-corrected chi connectivity index (χ4v) is 3.85. The molecule has 134 valence electrons. The average molecular weight is 355 g/mol. The summed E-state index contributed by atoms with van der Waals surface area (Å²) >= 11 is 0. The van der Waals surface area contributed by atoms with E-state index in [2.05, 4.69) is 0 Å². The zero-order valence-corrected chi connectivity index (χ0v) is 14.8. The van der Waals surface area contributed by atoms with Crippen LogP contribution < -0.4 is 19.1 Å². The van der Waals surface area contributed by atoms with E-state index < -0.39 is 5.72 Å². The zero-order valence-electron chi connectivity index (χ0n) is 14.8. The molecule has 0 radical (unpaired) electrons. The number of fused-ring (bicyclic) bond motifs is 5. The summed E-state index contributed by atoms with van der Waals surface area (Å²) in [5, 5.41) is 0. The molecule has 7 heteroatoms. The number of Topliss-reactive ketones (excluding diaryl/α,β-unsaturated/α-hetero) is 1. The van der Waals surface area contributed by atoms with E-state index in [0.717, 1.165) is 0 Å². The Balaban J connectivity index is 2.08. The van der Waals surface area contributed by atoms with Crippen molar-refractivity contribution in [1.29, 1.82) is 0 Å². The molecule has 0 fully saturated rings. The van der Waals surface area contributed by atoms with Gasteiger partial charge in [0, 0.05) is 24.3 Å². The average Bonchev–Trinajstić information content (AvgIpc) is 3.09. The van der Waals surface area contributed by atoms with Crippen LogP contribution in [0.1, 0.15) is 26.3 Å². The number of ether oxygens (including phenoxy) is 4. The quantitative estimate of drug-likeness (QED) is 0.838. The minimum atomic E-state index is -1.55. The maximum absolute atomic E-state index is 13.5. The van der Waals surface area contributed by atoms with Gasteiger partial charge in [0.2, 0.25) is 17.3 Å². The van der Waals surface area contributed by atoms with Crippen LogP contribution in [0.3, 0.4) is 0 Å². The van der Waals surface area contributed by atoms with Crippen molar-refractivity contribution in [2.45, 2.75) is 5.72 Å². The van der Waals surface area contributed by atoms with Crippen LogP contribution in [0.5, 0.6) is 17.2 Å². The minimum Gasteiger partial charge on any atom is -0.493 e. The Morgan fingerprint density at radius 2 is 1.62 bits per heavy atom. The number of ketones is 1. The molecule has 26 heavy (non-hydrogen) atoms. The van der Waals surface area contributed by atoms with Crippen LogP contribution in [-0.2, 0) is 10.5 Å². The highest BCUT2D eigenvalue weighted by atomic mass is 16.5. The second-order valence-electron chi connectivity index (χ2n) is 5.90. The van der Waals surface area contributed by atoms with E-state index in [1.807, 2.05) is 0 Å². The SMILES string of the molecule is COc1cc2c(c(OC)c1OC)C(=O)C1(OC)c3ccccc3C(=O)N21. The number of anilines is 1. The van der Waals surface area contributed by atoms with Gasteiger partial charge >= 0.3 is 0 Å². The Labute approximate surface area is 150 Å². The highest BCUT2D eigenvalue weighted by molar-refractivity contribution is 6.28. The highest BCUT2D eigenvalue weighted by Gasteiger charge is 2.63. The fourth-order valence-electron chi connectivity index (χ4n) is 3.85. The van der Waals surface area contributed by atoms with Gasteiger partial charge in [0.1, 0.15) is 0 Å². The lowest BCUT2D eigenvalue weighted by atomic mass is 9.95. The number of hydrogen-bond acceptors (Lipinski definition) is 6. The Morgan fingerprint density at radius 3 is 2.23 bits per heavy atom. The molecule has 1 unspecified atom stereocenters. The van der Waals surface area contributed by atoms with Crippen LogP contribution in [-0.4, -0.2) is 40.1 Å². The molecule has 2 aromatic rings. The molecule has 4 rings (SSSR count). The highest BCUT2D eigenvalue weighted by Crippen LogP contribution is 2.57. The molecule has 2 aromatic carbocycles. The molecule has 1 atom stereocenters. The van der Waals surface area contributed by atoms with Gasteiger partial charge in [-0.3, -0.25) is 14.5 Å². The maximum atomic E-state index is 13.5. The molecule has 0 saturated heterocycles. The van der Waals surface area contributed by atoms with Crippen LogP contribution in [0.25, 0.3) is 0 Å². The Hall–Kier alpha value is -3.06. The number of hydrogen-bond donors (Lipinski definition) is 0. The first-order chi connectivity index (χ1) is 12.6. The largest absolute Gasteiger partial charge is 0.493 e. The lowest BCUT2D eigenvalue weighted by Gasteiger charge is -2.29. The number of amides is 1. The van der Waals surface area contributed by atoms with Crippen molar-refractivity contribution in [3.05, 3.63) is 47.0 Å². The van der Waals surface area contributed by atoms with Crippen LogP contribution in [0, 0.1) is 0 Å². The summed E-state index contributed by atoms with van der Waals surface area (Å²) in [5.41, 5.74) is -0.0149. The van der Waals surface area contributed by atoms with Crippen molar-refractivity contribution in [1.82, 2.24) is 0 Å². The molecule has 1 amide bonds. The smallest absolute Gasteiger partial charge is 0.261 e. The number of carbonyl (C=O) groups excluding carboxylic acids is 2. The molecule has 2 heterocycles. The second-order valence-corrected chi connectivity index (χ2v) is 5.90. The van der Waals surface area contributed by atoms with Crippen molar-refractivity contribution in [2.24, 2.45) is 0 Å². The summed E-state index contributed by atoms with van der Waals surface area (Å²) in [6.07, 6.45) is 0. The van der Waals surface area contributed by atoms with E-state index in [-0.39, 0.29) is 28.8 Å². The van der Waals surface area contributed by atoms with Crippen molar-refractivity contribution >= 4 is 17.4 Å². The number of nitrogens with zero attached hydrogens (tertiary/aromatic N) is 1. The summed E-state index contributed by atoms with van der Waals surface area (Å²) in [6, 6.07) is 8.52. The van der Waals surface area contributed by atoms with Gasteiger partial charge in [-0.15, -0.1) is 0 Å². The number of methoxy groups -OCH3 is 4. The third kappa shape index (κ3) is 1.65. The van der Waals surface area contributed by atoms with Gasteiger partial charge in [-0.25, -0.2) is 0 Å². The van der Waals surface area contributed by atoms with Gasteiger partial charge < -0.3 is 18.9 Å². The van der Waals surface area contributed by atoms with Gasteiger partial charge in [0.05, 0.1) is 32.6 Å². The summed E-state index contributed by atoms with van der Waals surface area (Å²) in [5.74, 6) is 0.153. The lowest BCUT2D eigenvalue weighted by molar-refractivity contribution is 0.00719. The first-order valence-electron chi connectivity index (χ1n) is 7.93. The molecular weight excluding hydrogens is 338 g/mol. The molecule has 0 saturated carbocycles. The molecule has 0 N–H and O–H groups in total. The molecular formula is C19H17NO6. The number of rotatable bonds is 4. The molecule has 2 aliphatic heterocycles. The van der Waals surface area contributed by atoms with Crippen molar-refractivity contribution in [3.63, 3.8) is 0 Å². The molecule has 7 nitrogen and oxygen atoms in total. The topological polar surface area (TPSA) is 74.3 Å². The molecule has 0 bridgehead atoms. The summed E-state index contributed by atoms with van der Waals surface area (Å²) in [4.78, 5) is 27.9. The third-order valence-electron chi connectivity index (χ3n) is 4.92. The first kappa shape index (κ1) is 16.4. The Kier molecular flexibility index (Phi) is 3.45. The predicted molar refractivity (Wildman–Crippen MR) is 92.4 cm³/mol. The summed E-state index contributed by atoms with van der Waals surface area (Å²) in [7, 11) is 5.78.